The average Bonchev–Trinajstić information content (AvgIpc) is 3.23. The first-order chi connectivity index (χ1) is 20.1. The van der Waals surface area contributed by atoms with Gasteiger partial charge in [0.1, 0.15) is 11.6 Å². The van der Waals surface area contributed by atoms with Crippen LogP contribution in [0.2, 0.25) is 5.02 Å². The second kappa shape index (κ2) is 10.7. The molecule has 1 spiro atoms. The Kier molecular flexibility index (Phi) is 7.28. The molecule has 2 saturated heterocycles. The van der Waals surface area contributed by atoms with Crippen LogP contribution < -0.4 is 4.90 Å². The van der Waals surface area contributed by atoms with Gasteiger partial charge in [-0.15, -0.1) is 0 Å². The number of carbonyl (C=O) groups excluding carboxylic acids is 3. The molecule has 6 rings (SSSR count). The first kappa shape index (κ1) is 28.6. The van der Waals surface area contributed by atoms with E-state index in [1.54, 1.807) is 34.1 Å². The number of likely N-dealkylation sites (tertiary alicyclic amines) is 1. The molecule has 42 heavy (non-hydrogen) atoms. The first-order valence-corrected chi connectivity index (χ1v) is 14.9. The molecule has 1 N–H and O–H groups in total. The van der Waals surface area contributed by atoms with Crippen molar-refractivity contribution in [1.82, 2.24) is 9.80 Å². The van der Waals surface area contributed by atoms with Gasteiger partial charge in [-0.1, -0.05) is 80.1 Å². The van der Waals surface area contributed by atoms with Crippen LogP contribution in [0.3, 0.4) is 0 Å². The highest BCUT2D eigenvalue weighted by Crippen LogP contribution is 2.58. The predicted molar refractivity (Wildman–Crippen MR) is 159 cm³/mol. The van der Waals surface area contributed by atoms with Crippen LogP contribution >= 0.6 is 11.6 Å². The summed E-state index contributed by atoms with van der Waals surface area (Å²) in [6.07, 6.45) is 7.48. The normalized spacial score (nSPS) is 31.2. The van der Waals surface area contributed by atoms with Crippen LogP contribution in [-0.4, -0.2) is 75.6 Å². The van der Waals surface area contributed by atoms with E-state index in [2.05, 4.69) is 0 Å². The molecule has 2 fully saturated rings. The van der Waals surface area contributed by atoms with E-state index in [1.807, 2.05) is 75.4 Å². The fourth-order valence-corrected chi connectivity index (χ4v) is 7.41. The van der Waals surface area contributed by atoms with Crippen LogP contribution in [-0.2, 0) is 25.7 Å². The van der Waals surface area contributed by atoms with Crippen molar-refractivity contribution in [2.75, 3.05) is 24.6 Å². The van der Waals surface area contributed by atoms with Gasteiger partial charge < -0.3 is 24.5 Å². The van der Waals surface area contributed by atoms with E-state index >= 15 is 0 Å². The number of carbonyl (C=O) groups is 3. The third-order valence-electron chi connectivity index (χ3n) is 9.25. The van der Waals surface area contributed by atoms with Gasteiger partial charge in [0.2, 0.25) is 11.8 Å². The number of nitrogens with zero attached hydrogens (tertiary/aromatic N) is 3. The molecule has 0 radical (unpaired) electrons. The number of halogens is 1. The summed E-state index contributed by atoms with van der Waals surface area (Å²) in [5.41, 5.74) is -0.889. The van der Waals surface area contributed by atoms with E-state index in [0.717, 1.165) is 5.56 Å². The van der Waals surface area contributed by atoms with E-state index in [4.69, 9.17) is 16.3 Å². The number of hydrogen-bond donors (Lipinski definition) is 1. The molecule has 6 atom stereocenters. The monoisotopic (exact) mass is 589 g/mol. The number of rotatable bonds is 6. The molecule has 0 aromatic heterocycles. The topological polar surface area (TPSA) is 90.4 Å². The summed E-state index contributed by atoms with van der Waals surface area (Å²) in [6.45, 7) is 6.37. The number of fused-ring (bicyclic) bond motifs is 2. The second-order valence-corrected chi connectivity index (χ2v) is 12.6. The largest absolute Gasteiger partial charge is 0.394 e. The van der Waals surface area contributed by atoms with Crippen LogP contribution in [0.15, 0.2) is 78.9 Å². The maximum Gasteiger partial charge on any atom is 0.253 e. The summed E-state index contributed by atoms with van der Waals surface area (Å²) in [6, 6.07) is 15.0. The summed E-state index contributed by atoms with van der Waals surface area (Å²) in [4.78, 5) is 48.5. The molecule has 2 aromatic carbocycles. The van der Waals surface area contributed by atoms with E-state index in [0.29, 0.717) is 23.8 Å². The Hall–Kier alpha value is -3.46. The van der Waals surface area contributed by atoms with Crippen molar-refractivity contribution < 1.29 is 24.2 Å². The zero-order valence-electron chi connectivity index (χ0n) is 24.0. The molecule has 220 valence electrons. The quantitative estimate of drug-likeness (QED) is 0.517. The predicted octanol–water partition coefficient (Wildman–Crippen LogP) is 3.83. The molecule has 1 unspecified atom stereocenters. The van der Waals surface area contributed by atoms with Gasteiger partial charge in [-0.3, -0.25) is 14.4 Å². The maximum atomic E-state index is 14.6. The van der Waals surface area contributed by atoms with Gasteiger partial charge in [0.15, 0.2) is 0 Å². The molecule has 2 aromatic rings. The molecular formula is C33H36ClN3O5. The molecule has 3 amide bonds. The molecule has 4 aliphatic rings. The molecule has 0 aliphatic carbocycles. The van der Waals surface area contributed by atoms with Crippen molar-refractivity contribution in [1.29, 1.82) is 0 Å². The Labute approximate surface area is 251 Å². The third-order valence-corrected chi connectivity index (χ3v) is 9.50. The highest BCUT2D eigenvalue weighted by atomic mass is 35.5. The van der Waals surface area contributed by atoms with E-state index < -0.39 is 35.1 Å². The van der Waals surface area contributed by atoms with Crippen LogP contribution in [0.4, 0.5) is 5.69 Å². The lowest BCUT2D eigenvalue weighted by Gasteiger charge is -2.41. The van der Waals surface area contributed by atoms with Crippen molar-refractivity contribution >= 4 is 35.0 Å². The van der Waals surface area contributed by atoms with Gasteiger partial charge in [-0.05, 0) is 42.7 Å². The zero-order valence-corrected chi connectivity index (χ0v) is 24.8. The minimum atomic E-state index is -1.40. The second-order valence-electron chi connectivity index (χ2n) is 12.2. The molecular weight excluding hydrogens is 554 g/mol. The highest BCUT2D eigenvalue weighted by Gasteiger charge is 2.75. The zero-order chi connectivity index (χ0) is 29.8. The van der Waals surface area contributed by atoms with Gasteiger partial charge in [-0.25, -0.2) is 0 Å². The average molecular weight is 590 g/mol. The highest BCUT2D eigenvalue weighted by molar-refractivity contribution is 6.30. The summed E-state index contributed by atoms with van der Waals surface area (Å²) in [5, 5.41) is 11.0. The Morgan fingerprint density at radius 2 is 1.62 bits per heavy atom. The molecule has 0 bridgehead atoms. The third kappa shape index (κ3) is 4.39. The van der Waals surface area contributed by atoms with E-state index in [1.165, 1.54) is 4.90 Å². The van der Waals surface area contributed by atoms with Crippen LogP contribution in [0.25, 0.3) is 0 Å². The molecule has 4 aliphatic heterocycles. The van der Waals surface area contributed by atoms with E-state index in [9.17, 15) is 19.5 Å². The standard InChI is InChI=1S/C33H36ClN3O5/c1-21(2)25(20-38)37-28-31(41)36(24-13-11-23(34)12-14-24)18-8-16-33(28)27(30(37)40)26-29(39)35(17-7-15-32(26,3)42-33)19-22-9-5-4-6-10-22/h4-16,21,25-28,38H,17-20H2,1-3H3/t25-,26+,27-,28?,32-,33-/m0/s1. The van der Waals surface area contributed by atoms with E-state index in [-0.39, 0.29) is 36.8 Å². The molecule has 9 heteroatoms. The smallest absolute Gasteiger partial charge is 0.253 e. The lowest BCUT2D eigenvalue weighted by Crippen LogP contribution is -2.59. The Morgan fingerprint density at radius 1 is 0.929 bits per heavy atom. The Morgan fingerprint density at radius 3 is 2.29 bits per heavy atom. The Balaban J connectivity index is 1.47. The number of aliphatic hydroxyl groups is 1. The van der Waals surface area contributed by atoms with Crippen molar-refractivity contribution in [2.45, 2.75) is 50.6 Å². The number of anilines is 1. The van der Waals surface area contributed by atoms with Gasteiger partial charge in [0.25, 0.3) is 5.91 Å². The molecule has 8 nitrogen and oxygen atoms in total. The first-order valence-electron chi connectivity index (χ1n) is 14.5. The van der Waals surface area contributed by atoms with Gasteiger partial charge in [-0.2, -0.15) is 0 Å². The van der Waals surface area contributed by atoms with Crippen LogP contribution in [0.1, 0.15) is 26.3 Å². The van der Waals surface area contributed by atoms with Crippen molar-refractivity contribution in [3.05, 3.63) is 89.5 Å². The number of aliphatic hydroxyl groups excluding tert-OH is 1. The summed E-state index contributed by atoms with van der Waals surface area (Å²) < 4.78 is 6.91. The van der Waals surface area contributed by atoms with Crippen molar-refractivity contribution in [2.24, 2.45) is 17.8 Å². The minimum absolute atomic E-state index is 0.149. The lowest BCUT2D eigenvalue weighted by molar-refractivity contribution is -0.152. The summed E-state index contributed by atoms with van der Waals surface area (Å²) >= 11 is 6.13. The van der Waals surface area contributed by atoms with Crippen LogP contribution in [0, 0.1) is 17.8 Å². The van der Waals surface area contributed by atoms with Crippen molar-refractivity contribution in [3.63, 3.8) is 0 Å². The number of benzene rings is 2. The molecule has 4 heterocycles. The Bertz CT molecular complexity index is 1440. The van der Waals surface area contributed by atoms with Gasteiger partial charge in [0, 0.05) is 30.3 Å². The summed E-state index contributed by atoms with van der Waals surface area (Å²) in [7, 11) is 0. The fraction of sp³-hybridized carbons (Fsp3) is 0.424. The number of ether oxygens (including phenoxy) is 1. The number of hydrogen-bond acceptors (Lipinski definition) is 5. The van der Waals surface area contributed by atoms with Gasteiger partial charge >= 0.3 is 0 Å². The maximum absolute atomic E-state index is 14.6. The van der Waals surface area contributed by atoms with Crippen LogP contribution in [0.5, 0.6) is 0 Å². The summed E-state index contributed by atoms with van der Waals surface area (Å²) in [5.74, 6) is -2.81. The number of amides is 3. The molecule has 0 saturated carbocycles. The lowest BCUT2D eigenvalue weighted by atomic mass is 9.74. The van der Waals surface area contributed by atoms with Crippen molar-refractivity contribution in [3.8, 4) is 0 Å². The minimum Gasteiger partial charge on any atom is -0.394 e. The SMILES string of the molecule is CC(C)[C@H](CO)N1C(=O)[C@@H]2[C@@H]3C(=O)N(Cc4ccccc4)CC=C[C@]3(C)O[C@@]23C=CCN(c2ccc(Cl)cc2)C(=O)C13. The van der Waals surface area contributed by atoms with Gasteiger partial charge in [0.05, 0.1) is 30.1 Å². The fourth-order valence-electron chi connectivity index (χ4n) is 7.29.